The van der Waals surface area contributed by atoms with Crippen molar-refractivity contribution in [3.8, 4) is 0 Å². The molecule has 3 rings (SSSR count). The van der Waals surface area contributed by atoms with Crippen molar-refractivity contribution < 1.29 is 14.3 Å². The summed E-state index contributed by atoms with van der Waals surface area (Å²) in [7, 11) is 0. The number of fused-ring (bicyclic) bond motifs is 2. The third kappa shape index (κ3) is 1.80. The minimum atomic E-state index is -0.654. The SMILES string of the molecule is C=C[C@H](C)[C@@]1(C(=O)OCC)CCc2ccccc2[C@]12CO2. The summed E-state index contributed by atoms with van der Waals surface area (Å²) in [5.41, 5.74) is 1.25. The maximum atomic E-state index is 12.8. The average Bonchev–Trinajstić information content (AvgIpc) is 3.29. The molecule has 1 saturated heterocycles. The molecule has 0 N–H and O–H groups in total. The summed E-state index contributed by atoms with van der Waals surface area (Å²) in [5.74, 6) is -0.142. The molecule has 3 atom stereocenters. The van der Waals surface area contributed by atoms with Gasteiger partial charge in [-0.25, -0.2) is 0 Å². The molecule has 1 aliphatic heterocycles. The molecular formula is C18H22O3. The van der Waals surface area contributed by atoms with E-state index >= 15 is 0 Å². The van der Waals surface area contributed by atoms with Crippen LogP contribution in [0.3, 0.4) is 0 Å². The standard InChI is InChI=1S/C18H22O3/c1-4-13(3)17(16(19)20-5-2)11-10-14-8-6-7-9-15(14)18(17)12-21-18/h4,6-9,13H,1,5,10-12H2,2-3H3/t13-,17+,18+/m0/s1. The second-order valence-corrected chi connectivity index (χ2v) is 5.99. The molecule has 112 valence electrons. The zero-order valence-corrected chi connectivity index (χ0v) is 12.7. The number of carbonyl (C=O) groups excluding carboxylic acids is 1. The number of hydrogen-bond acceptors (Lipinski definition) is 3. The van der Waals surface area contributed by atoms with E-state index in [2.05, 4.69) is 18.7 Å². The Hall–Kier alpha value is -1.61. The molecule has 2 aliphatic rings. The molecule has 1 fully saturated rings. The molecule has 1 aliphatic carbocycles. The van der Waals surface area contributed by atoms with E-state index in [-0.39, 0.29) is 11.9 Å². The van der Waals surface area contributed by atoms with E-state index in [0.717, 1.165) is 18.4 Å². The third-order valence-corrected chi connectivity index (χ3v) is 5.17. The summed E-state index contributed by atoms with van der Waals surface area (Å²) in [6.07, 6.45) is 3.47. The highest BCUT2D eigenvalue weighted by atomic mass is 16.6. The van der Waals surface area contributed by atoms with Crippen LogP contribution in [0, 0.1) is 11.3 Å². The van der Waals surface area contributed by atoms with Gasteiger partial charge in [-0.1, -0.05) is 37.3 Å². The smallest absolute Gasteiger partial charge is 0.316 e. The average molecular weight is 286 g/mol. The first-order valence-corrected chi connectivity index (χ1v) is 7.64. The van der Waals surface area contributed by atoms with Crippen LogP contribution in [0.1, 0.15) is 31.4 Å². The van der Waals surface area contributed by atoms with E-state index in [4.69, 9.17) is 9.47 Å². The molecule has 0 saturated carbocycles. The van der Waals surface area contributed by atoms with Crippen LogP contribution in [0.4, 0.5) is 0 Å². The molecule has 1 heterocycles. The first-order valence-electron chi connectivity index (χ1n) is 7.64. The van der Waals surface area contributed by atoms with E-state index in [9.17, 15) is 4.79 Å². The number of hydrogen-bond donors (Lipinski definition) is 0. The van der Waals surface area contributed by atoms with Crippen molar-refractivity contribution in [3.05, 3.63) is 48.0 Å². The largest absolute Gasteiger partial charge is 0.465 e. The fourth-order valence-corrected chi connectivity index (χ4v) is 3.90. The zero-order valence-electron chi connectivity index (χ0n) is 12.7. The maximum Gasteiger partial charge on any atom is 0.316 e. The highest BCUT2D eigenvalue weighted by molar-refractivity contribution is 5.81. The molecule has 1 aromatic carbocycles. The Balaban J connectivity index is 2.14. The summed E-state index contributed by atoms with van der Waals surface area (Å²) >= 11 is 0. The lowest BCUT2D eigenvalue weighted by atomic mass is 9.58. The molecule has 21 heavy (non-hydrogen) atoms. The molecule has 0 aromatic heterocycles. The van der Waals surface area contributed by atoms with Crippen molar-refractivity contribution in [2.45, 2.75) is 32.3 Å². The molecule has 0 radical (unpaired) electrons. The van der Waals surface area contributed by atoms with Gasteiger partial charge in [0.1, 0.15) is 11.0 Å². The lowest BCUT2D eigenvalue weighted by Gasteiger charge is -2.44. The number of rotatable bonds is 4. The van der Waals surface area contributed by atoms with Gasteiger partial charge in [0.2, 0.25) is 0 Å². The molecule has 0 unspecified atom stereocenters. The number of ether oxygens (including phenoxy) is 2. The predicted octanol–water partition coefficient (Wildman–Crippen LogP) is 3.23. The Labute approximate surface area is 125 Å². The van der Waals surface area contributed by atoms with Gasteiger partial charge in [0.05, 0.1) is 13.2 Å². The fourth-order valence-electron chi connectivity index (χ4n) is 3.90. The van der Waals surface area contributed by atoms with Gasteiger partial charge >= 0.3 is 5.97 Å². The summed E-state index contributed by atoms with van der Waals surface area (Å²) < 4.78 is 11.4. The second-order valence-electron chi connectivity index (χ2n) is 5.99. The summed E-state index contributed by atoms with van der Waals surface area (Å²) in [6.45, 7) is 8.78. The van der Waals surface area contributed by atoms with Crippen molar-refractivity contribution in [2.75, 3.05) is 13.2 Å². The zero-order chi connectivity index (χ0) is 15.1. The van der Waals surface area contributed by atoms with Gasteiger partial charge in [-0.05, 0) is 36.8 Å². The van der Waals surface area contributed by atoms with Crippen molar-refractivity contribution in [1.82, 2.24) is 0 Å². The number of allylic oxidation sites excluding steroid dienone is 1. The molecule has 3 nitrogen and oxygen atoms in total. The van der Waals surface area contributed by atoms with E-state index < -0.39 is 11.0 Å². The molecule has 3 heteroatoms. The third-order valence-electron chi connectivity index (χ3n) is 5.17. The minimum absolute atomic E-state index is 0.00686. The van der Waals surface area contributed by atoms with Crippen LogP contribution in [0.25, 0.3) is 0 Å². The van der Waals surface area contributed by atoms with Crippen LogP contribution in [-0.4, -0.2) is 19.2 Å². The quantitative estimate of drug-likeness (QED) is 0.484. The summed E-state index contributed by atoms with van der Waals surface area (Å²) in [5, 5.41) is 0. The molecule has 1 spiro atoms. The Kier molecular flexibility index (Phi) is 3.40. The summed E-state index contributed by atoms with van der Waals surface area (Å²) in [4.78, 5) is 12.8. The van der Waals surface area contributed by atoms with E-state index in [1.807, 2.05) is 32.1 Å². The lowest BCUT2D eigenvalue weighted by molar-refractivity contribution is -0.165. The second kappa shape index (κ2) is 4.99. The molecule has 1 aromatic rings. The topological polar surface area (TPSA) is 38.8 Å². The predicted molar refractivity (Wildman–Crippen MR) is 80.8 cm³/mol. The van der Waals surface area contributed by atoms with Gasteiger partial charge in [0, 0.05) is 0 Å². The van der Waals surface area contributed by atoms with Crippen LogP contribution in [0.5, 0.6) is 0 Å². The lowest BCUT2D eigenvalue weighted by Crippen LogP contribution is -2.51. The maximum absolute atomic E-state index is 12.8. The Morgan fingerprint density at radius 2 is 2.24 bits per heavy atom. The number of esters is 1. The first kappa shape index (κ1) is 14.3. The number of epoxide rings is 1. The van der Waals surface area contributed by atoms with Crippen LogP contribution >= 0.6 is 0 Å². The Morgan fingerprint density at radius 1 is 1.52 bits per heavy atom. The minimum Gasteiger partial charge on any atom is -0.465 e. The fraction of sp³-hybridized carbons (Fsp3) is 0.500. The Morgan fingerprint density at radius 3 is 2.86 bits per heavy atom. The van der Waals surface area contributed by atoms with Crippen LogP contribution in [-0.2, 0) is 26.3 Å². The molecule has 0 bridgehead atoms. The van der Waals surface area contributed by atoms with Gasteiger partial charge in [0.15, 0.2) is 0 Å². The number of benzene rings is 1. The van der Waals surface area contributed by atoms with Crippen LogP contribution < -0.4 is 0 Å². The molecule has 0 amide bonds. The van der Waals surface area contributed by atoms with Crippen LogP contribution in [0.15, 0.2) is 36.9 Å². The van der Waals surface area contributed by atoms with Gasteiger partial charge in [-0.2, -0.15) is 0 Å². The number of carbonyl (C=O) groups is 1. The van der Waals surface area contributed by atoms with Crippen molar-refractivity contribution in [2.24, 2.45) is 11.3 Å². The van der Waals surface area contributed by atoms with Crippen molar-refractivity contribution in [1.29, 1.82) is 0 Å². The number of aryl methyl sites for hydroxylation is 1. The van der Waals surface area contributed by atoms with Crippen LogP contribution in [0.2, 0.25) is 0 Å². The highest BCUT2D eigenvalue weighted by Gasteiger charge is 2.70. The van der Waals surface area contributed by atoms with Gasteiger partial charge in [0.25, 0.3) is 0 Å². The van der Waals surface area contributed by atoms with E-state index in [1.165, 1.54) is 5.56 Å². The monoisotopic (exact) mass is 286 g/mol. The van der Waals surface area contributed by atoms with E-state index in [0.29, 0.717) is 13.2 Å². The first-order chi connectivity index (χ1) is 10.1. The van der Waals surface area contributed by atoms with Crippen molar-refractivity contribution in [3.63, 3.8) is 0 Å². The normalized spacial score (nSPS) is 31.3. The van der Waals surface area contributed by atoms with Gasteiger partial charge in [-0.3, -0.25) is 4.79 Å². The highest BCUT2D eigenvalue weighted by Crippen LogP contribution is 2.62. The summed E-state index contributed by atoms with van der Waals surface area (Å²) in [6, 6.07) is 8.28. The van der Waals surface area contributed by atoms with E-state index in [1.54, 1.807) is 0 Å². The van der Waals surface area contributed by atoms with Gasteiger partial charge in [-0.15, -0.1) is 6.58 Å². The Bertz CT molecular complexity index is 574. The van der Waals surface area contributed by atoms with Crippen molar-refractivity contribution >= 4 is 5.97 Å². The molecular weight excluding hydrogens is 264 g/mol. The van der Waals surface area contributed by atoms with Gasteiger partial charge < -0.3 is 9.47 Å².